The molecule has 0 unspecified atom stereocenters. The lowest BCUT2D eigenvalue weighted by Gasteiger charge is -2.09. The number of carbonyl (C=O) groups is 1. The molecule has 6 nitrogen and oxygen atoms in total. The van der Waals surface area contributed by atoms with Crippen LogP contribution < -0.4 is 10.6 Å². The molecule has 0 fully saturated rings. The Morgan fingerprint density at radius 3 is 2.78 bits per heavy atom. The molecule has 1 aromatic carbocycles. The average molecular weight is 314 g/mol. The number of ether oxygens (including phenoxy) is 1. The first-order chi connectivity index (χ1) is 11.2. The summed E-state index contributed by atoms with van der Waals surface area (Å²) >= 11 is 0. The molecule has 23 heavy (non-hydrogen) atoms. The van der Waals surface area contributed by atoms with Crippen LogP contribution in [0, 0.1) is 0 Å². The highest BCUT2D eigenvalue weighted by atomic mass is 16.5. The first kappa shape index (κ1) is 16.7. The molecule has 2 rings (SSSR count). The highest BCUT2D eigenvalue weighted by Crippen LogP contribution is 2.18. The van der Waals surface area contributed by atoms with E-state index in [9.17, 15) is 4.79 Å². The van der Waals surface area contributed by atoms with Crippen molar-refractivity contribution in [1.82, 2.24) is 9.97 Å². The molecule has 0 saturated heterocycles. The second kappa shape index (κ2) is 8.73. The maximum atomic E-state index is 11.6. The third-order valence-corrected chi connectivity index (χ3v) is 3.31. The molecule has 0 amide bonds. The molecule has 0 spiro atoms. The van der Waals surface area contributed by atoms with Crippen molar-refractivity contribution in [3.63, 3.8) is 0 Å². The van der Waals surface area contributed by atoms with Gasteiger partial charge < -0.3 is 15.4 Å². The summed E-state index contributed by atoms with van der Waals surface area (Å²) < 4.78 is 4.72. The van der Waals surface area contributed by atoms with Gasteiger partial charge in [-0.2, -0.15) is 0 Å². The van der Waals surface area contributed by atoms with Gasteiger partial charge in [-0.15, -0.1) is 0 Å². The van der Waals surface area contributed by atoms with Gasteiger partial charge in [0.15, 0.2) is 0 Å². The van der Waals surface area contributed by atoms with Crippen molar-refractivity contribution >= 4 is 23.3 Å². The summed E-state index contributed by atoms with van der Waals surface area (Å²) in [6, 6.07) is 8.93. The Balaban J connectivity index is 2.01. The van der Waals surface area contributed by atoms with Gasteiger partial charge >= 0.3 is 5.97 Å². The van der Waals surface area contributed by atoms with Crippen LogP contribution in [0.15, 0.2) is 36.7 Å². The summed E-state index contributed by atoms with van der Waals surface area (Å²) in [5.74, 6) is 1.08. The predicted molar refractivity (Wildman–Crippen MR) is 91.1 cm³/mol. The smallest absolute Gasteiger partial charge is 0.337 e. The fourth-order valence-corrected chi connectivity index (χ4v) is 2.10. The van der Waals surface area contributed by atoms with Crippen LogP contribution in [0.5, 0.6) is 0 Å². The number of hydrogen-bond acceptors (Lipinski definition) is 6. The average Bonchev–Trinajstić information content (AvgIpc) is 2.58. The molecule has 2 aromatic rings. The number of nitrogens with zero attached hydrogens (tertiary/aromatic N) is 2. The number of benzene rings is 1. The monoisotopic (exact) mass is 314 g/mol. The second-order valence-electron chi connectivity index (χ2n) is 5.12. The molecule has 1 aromatic heterocycles. The fraction of sp³-hybridized carbons (Fsp3) is 0.353. The van der Waals surface area contributed by atoms with E-state index in [2.05, 4.69) is 27.5 Å². The van der Waals surface area contributed by atoms with Gasteiger partial charge in [0.05, 0.1) is 12.7 Å². The Labute approximate surface area is 136 Å². The van der Waals surface area contributed by atoms with Crippen molar-refractivity contribution in [1.29, 1.82) is 0 Å². The zero-order valence-electron chi connectivity index (χ0n) is 13.5. The maximum Gasteiger partial charge on any atom is 0.337 e. The van der Waals surface area contributed by atoms with E-state index >= 15 is 0 Å². The lowest BCUT2D eigenvalue weighted by molar-refractivity contribution is 0.0601. The standard InChI is InChI=1S/C17H22N4O2/c1-3-4-5-9-18-15-11-16(20-12-19-15)21-14-8-6-7-13(10-14)17(22)23-2/h6-8,10-12H,3-5,9H2,1-2H3,(H2,18,19,20,21). The Kier molecular flexibility index (Phi) is 6.35. The van der Waals surface area contributed by atoms with E-state index in [0.717, 1.165) is 24.5 Å². The summed E-state index contributed by atoms with van der Waals surface area (Å²) in [6.07, 6.45) is 5.01. The summed E-state index contributed by atoms with van der Waals surface area (Å²) in [5.41, 5.74) is 1.26. The SMILES string of the molecule is CCCCCNc1cc(Nc2cccc(C(=O)OC)c2)ncn1. The molecule has 0 atom stereocenters. The topological polar surface area (TPSA) is 76.1 Å². The lowest BCUT2D eigenvalue weighted by Crippen LogP contribution is -2.05. The van der Waals surface area contributed by atoms with Crippen LogP contribution in [-0.2, 0) is 4.74 Å². The number of anilines is 3. The van der Waals surface area contributed by atoms with Crippen LogP contribution >= 0.6 is 0 Å². The summed E-state index contributed by atoms with van der Waals surface area (Å²) in [6.45, 7) is 3.07. The Morgan fingerprint density at radius 2 is 2.00 bits per heavy atom. The van der Waals surface area contributed by atoms with Crippen molar-refractivity contribution in [2.24, 2.45) is 0 Å². The molecule has 122 valence electrons. The molecular weight excluding hydrogens is 292 g/mol. The van der Waals surface area contributed by atoms with Gasteiger partial charge in [-0.1, -0.05) is 25.8 Å². The van der Waals surface area contributed by atoms with Crippen LogP contribution in [0.4, 0.5) is 17.3 Å². The van der Waals surface area contributed by atoms with Crippen LogP contribution in [0.2, 0.25) is 0 Å². The van der Waals surface area contributed by atoms with Gasteiger partial charge in [-0.3, -0.25) is 0 Å². The van der Waals surface area contributed by atoms with Crippen molar-refractivity contribution in [2.75, 3.05) is 24.3 Å². The van der Waals surface area contributed by atoms with E-state index in [1.165, 1.54) is 26.3 Å². The number of nitrogens with one attached hydrogen (secondary N) is 2. The summed E-state index contributed by atoms with van der Waals surface area (Å²) in [7, 11) is 1.36. The molecule has 0 aliphatic rings. The maximum absolute atomic E-state index is 11.6. The van der Waals surface area contributed by atoms with Crippen LogP contribution in [0.25, 0.3) is 0 Å². The molecule has 0 aliphatic carbocycles. The Hall–Kier alpha value is -2.63. The number of methoxy groups -OCH3 is 1. The van der Waals surface area contributed by atoms with Gasteiger partial charge in [0.25, 0.3) is 0 Å². The first-order valence-corrected chi connectivity index (χ1v) is 7.74. The molecular formula is C17H22N4O2. The summed E-state index contributed by atoms with van der Waals surface area (Å²) in [4.78, 5) is 20.0. The van der Waals surface area contributed by atoms with Crippen molar-refractivity contribution in [3.05, 3.63) is 42.2 Å². The fourth-order valence-electron chi connectivity index (χ4n) is 2.10. The molecule has 0 saturated carbocycles. The number of rotatable bonds is 8. The van der Waals surface area contributed by atoms with E-state index in [-0.39, 0.29) is 5.97 Å². The van der Waals surface area contributed by atoms with E-state index in [1.54, 1.807) is 18.2 Å². The number of aromatic nitrogens is 2. The van der Waals surface area contributed by atoms with E-state index in [0.29, 0.717) is 11.4 Å². The lowest BCUT2D eigenvalue weighted by atomic mass is 10.2. The molecule has 0 aliphatic heterocycles. The Morgan fingerprint density at radius 1 is 1.17 bits per heavy atom. The molecule has 0 bridgehead atoms. The van der Waals surface area contributed by atoms with Gasteiger partial charge in [-0.05, 0) is 24.6 Å². The number of hydrogen-bond donors (Lipinski definition) is 2. The molecule has 0 radical (unpaired) electrons. The second-order valence-corrected chi connectivity index (χ2v) is 5.12. The van der Waals surface area contributed by atoms with Crippen LogP contribution in [-0.4, -0.2) is 29.6 Å². The zero-order chi connectivity index (χ0) is 16.5. The van der Waals surface area contributed by atoms with E-state index < -0.39 is 0 Å². The molecule has 2 N–H and O–H groups in total. The number of unbranched alkanes of at least 4 members (excludes halogenated alkanes) is 2. The van der Waals surface area contributed by atoms with Crippen molar-refractivity contribution in [2.45, 2.75) is 26.2 Å². The zero-order valence-corrected chi connectivity index (χ0v) is 13.5. The van der Waals surface area contributed by atoms with Crippen molar-refractivity contribution in [3.8, 4) is 0 Å². The Bertz CT molecular complexity index is 646. The number of carbonyl (C=O) groups excluding carboxylic acids is 1. The van der Waals surface area contributed by atoms with Crippen LogP contribution in [0.3, 0.4) is 0 Å². The van der Waals surface area contributed by atoms with Gasteiger partial charge in [0, 0.05) is 18.3 Å². The third kappa shape index (κ3) is 5.25. The van der Waals surface area contributed by atoms with Gasteiger partial charge in [-0.25, -0.2) is 14.8 Å². The quantitative estimate of drug-likeness (QED) is 0.572. The van der Waals surface area contributed by atoms with E-state index in [4.69, 9.17) is 4.74 Å². The minimum Gasteiger partial charge on any atom is -0.465 e. The minimum absolute atomic E-state index is 0.366. The van der Waals surface area contributed by atoms with E-state index in [1.807, 2.05) is 12.1 Å². The highest BCUT2D eigenvalue weighted by Gasteiger charge is 2.06. The normalized spacial score (nSPS) is 10.2. The summed E-state index contributed by atoms with van der Waals surface area (Å²) in [5, 5.41) is 6.45. The first-order valence-electron chi connectivity index (χ1n) is 7.74. The highest BCUT2D eigenvalue weighted by molar-refractivity contribution is 5.90. The largest absolute Gasteiger partial charge is 0.465 e. The van der Waals surface area contributed by atoms with Gasteiger partial charge in [0.1, 0.15) is 18.0 Å². The van der Waals surface area contributed by atoms with Gasteiger partial charge in [0.2, 0.25) is 0 Å². The van der Waals surface area contributed by atoms with Crippen LogP contribution in [0.1, 0.15) is 36.5 Å². The predicted octanol–water partition coefficient (Wildman–Crippen LogP) is 3.61. The molecule has 1 heterocycles. The minimum atomic E-state index is -0.366. The third-order valence-electron chi connectivity index (χ3n) is 3.31. The number of esters is 1. The van der Waals surface area contributed by atoms with Crippen molar-refractivity contribution < 1.29 is 9.53 Å². The molecule has 6 heteroatoms.